The molecule has 2 aromatic rings. The maximum Gasteiger partial charge on any atom is 0.278 e. The van der Waals surface area contributed by atoms with Gasteiger partial charge in [-0.3, -0.25) is 9.63 Å². The summed E-state index contributed by atoms with van der Waals surface area (Å²) in [5, 5.41) is 1.03. The second kappa shape index (κ2) is 6.88. The van der Waals surface area contributed by atoms with Crippen LogP contribution in [0.1, 0.15) is 27.0 Å². The molecule has 2 rings (SSSR count). The maximum absolute atomic E-state index is 13.4. The normalized spacial score (nSPS) is 9.82. The highest BCUT2D eigenvalue weighted by Gasteiger charge is 2.15. The molecule has 0 bridgehead atoms. The zero-order valence-electron chi connectivity index (χ0n) is 12.7. The number of hydroxylamine groups is 2. The number of aryl methyl sites for hydroxylation is 1. The van der Waals surface area contributed by atoms with Gasteiger partial charge in [0.15, 0.2) is 0 Å². The third-order valence-electron chi connectivity index (χ3n) is 3.16. The van der Waals surface area contributed by atoms with Crippen molar-refractivity contribution in [2.24, 2.45) is 0 Å². The summed E-state index contributed by atoms with van der Waals surface area (Å²) in [5.41, 5.74) is 2.60. The number of carbonyl (C=O) groups is 1. The molecule has 112 valence electrons. The van der Waals surface area contributed by atoms with E-state index in [-0.39, 0.29) is 5.56 Å². The molecule has 0 aliphatic carbocycles. The van der Waals surface area contributed by atoms with E-state index in [4.69, 9.17) is 4.84 Å². The Kier molecular flexibility index (Phi) is 4.92. The molecule has 0 fully saturated rings. The first-order chi connectivity index (χ1) is 10.5. The number of rotatable bonds is 2. The van der Waals surface area contributed by atoms with Gasteiger partial charge in [0.25, 0.3) is 5.91 Å². The largest absolute Gasteiger partial charge is 0.278 e. The average molecular weight is 297 g/mol. The van der Waals surface area contributed by atoms with E-state index in [1.807, 2.05) is 31.2 Å². The molecule has 22 heavy (non-hydrogen) atoms. The molecule has 0 atom stereocenters. The van der Waals surface area contributed by atoms with E-state index in [0.29, 0.717) is 5.56 Å². The summed E-state index contributed by atoms with van der Waals surface area (Å²) in [5.74, 6) is 4.95. The predicted molar refractivity (Wildman–Crippen MR) is 82.7 cm³/mol. The molecule has 0 aromatic heterocycles. The lowest BCUT2D eigenvalue weighted by Gasteiger charge is -2.14. The van der Waals surface area contributed by atoms with Crippen molar-refractivity contribution in [3.05, 3.63) is 70.5 Å². The van der Waals surface area contributed by atoms with Crippen LogP contribution in [0.5, 0.6) is 0 Å². The van der Waals surface area contributed by atoms with Crippen LogP contribution in [0.4, 0.5) is 4.39 Å². The Morgan fingerprint density at radius 1 is 1.14 bits per heavy atom. The van der Waals surface area contributed by atoms with Gasteiger partial charge in [0.1, 0.15) is 5.82 Å². The van der Waals surface area contributed by atoms with Gasteiger partial charge in [-0.25, -0.2) is 9.45 Å². The van der Waals surface area contributed by atoms with Crippen LogP contribution in [0.25, 0.3) is 0 Å². The van der Waals surface area contributed by atoms with Crippen LogP contribution in [0.2, 0.25) is 0 Å². The van der Waals surface area contributed by atoms with Gasteiger partial charge in [-0.05, 0) is 37.3 Å². The first kappa shape index (κ1) is 15.7. The van der Waals surface area contributed by atoms with Crippen LogP contribution >= 0.6 is 0 Å². The Morgan fingerprint density at radius 2 is 1.82 bits per heavy atom. The highest BCUT2D eigenvalue weighted by Crippen LogP contribution is 2.13. The molecule has 1 amide bonds. The van der Waals surface area contributed by atoms with Crippen LogP contribution in [-0.4, -0.2) is 25.1 Å². The predicted octanol–water partition coefficient (Wildman–Crippen LogP) is 3.17. The molecule has 0 saturated carbocycles. The molecule has 0 radical (unpaired) electrons. The number of hydrogen-bond acceptors (Lipinski definition) is 2. The Morgan fingerprint density at radius 3 is 2.45 bits per heavy atom. The molecule has 4 heteroatoms. The molecule has 0 unspecified atom stereocenters. The minimum absolute atomic E-state index is 0.170. The van der Waals surface area contributed by atoms with Gasteiger partial charge in [-0.2, -0.15) is 0 Å². The minimum atomic E-state index is -0.492. The van der Waals surface area contributed by atoms with Crippen molar-refractivity contribution in [1.29, 1.82) is 0 Å². The Hall–Kier alpha value is -2.64. The fraction of sp³-hybridized carbons (Fsp3) is 0.167. The van der Waals surface area contributed by atoms with E-state index < -0.39 is 11.7 Å². The second-order valence-corrected chi connectivity index (χ2v) is 4.79. The summed E-state index contributed by atoms with van der Waals surface area (Å²) in [6.07, 6.45) is 0. The molecule has 0 heterocycles. The number of amides is 1. The average Bonchev–Trinajstić information content (AvgIpc) is 2.53. The molecule has 2 aromatic carbocycles. The van der Waals surface area contributed by atoms with E-state index in [1.165, 1.54) is 26.3 Å². The number of halogens is 1. The fourth-order valence-corrected chi connectivity index (χ4v) is 1.83. The fourth-order valence-electron chi connectivity index (χ4n) is 1.83. The van der Waals surface area contributed by atoms with E-state index in [2.05, 4.69) is 11.8 Å². The standard InChI is InChI=1S/C18H16FNO2/c1-13-4-6-14(7-5-13)8-9-15-10-11-16(19)12-17(15)18(21)20(2)22-3/h4-7,10-12H,1-3H3. The number of hydrogen-bond donors (Lipinski definition) is 0. The second-order valence-electron chi connectivity index (χ2n) is 4.79. The zero-order chi connectivity index (χ0) is 16.1. The van der Waals surface area contributed by atoms with Crippen molar-refractivity contribution in [2.75, 3.05) is 14.2 Å². The smallest absolute Gasteiger partial charge is 0.274 e. The van der Waals surface area contributed by atoms with Gasteiger partial charge in [0, 0.05) is 18.2 Å². The summed E-state index contributed by atoms with van der Waals surface area (Å²) in [4.78, 5) is 17.0. The molecule has 3 nitrogen and oxygen atoms in total. The quantitative estimate of drug-likeness (QED) is 0.629. The molecule has 0 spiro atoms. The topological polar surface area (TPSA) is 29.5 Å². The van der Waals surface area contributed by atoms with Crippen molar-refractivity contribution in [3.63, 3.8) is 0 Å². The zero-order valence-corrected chi connectivity index (χ0v) is 12.7. The Labute approximate surface area is 129 Å². The SMILES string of the molecule is CON(C)C(=O)c1cc(F)ccc1C#Cc1ccc(C)cc1. The lowest BCUT2D eigenvalue weighted by Crippen LogP contribution is -2.26. The molecule has 0 aliphatic rings. The summed E-state index contributed by atoms with van der Waals surface area (Å²) in [7, 11) is 2.83. The van der Waals surface area contributed by atoms with Crippen molar-refractivity contribution >= 4 is 5.91 Å². The first-order valence-corrected chi connectivity index (χ1v) is 6.71. The van der Waals surface area contributed by atoms with E-state index in [0.717, 1.165) is 22.3 Å². The van der Waals surface area contributed by atoms with Gasteiger partial charge >= 0.3 is 0 Å². The van der Waals surface area contributed by atoms with Crippen LogP contribution in [-0.2, 0) is 4.84 Å². The van der Waals surface area contributed by atoms with Crippen molar-refractivity contribution in [3.8, 4) is 11.8 Å². The van der Waals surface area contributed by atoms with Crippen molar-refractivity contribution in [1.82, 2.24) is 5.06 Å². The molecule has 0 aliphatic heterocycles. The number of carbonyl (C=O) groups excluding carboxylic acids is 1. The summed E-state index contributed by atoms with van der Waals surface area (Å²) in [6, 6.07) is 11.6. The molecule has 0 saturated heterocycles. The Bertz CT molecular complexity index is 742. The summed E-state index contributed by atoms with van der Waals surface area (Å²) >= 11 is 0. The first-order valence-electron chi connectivity index (χ1n) is 6.71. The minimum Gasteiger partial charge on any atom is -0.274 e. The van der Waals surface area contributed by atoms with Crippen molar-refractivity contribution < 1.29 is 14.0 Å². The lowest BCUT2D eigenvalue weighted by molar-refractivity contribution is -0.0757. The van der Waals surface area contributed by atoms with Gasteiger partial charge in [-0.15, -0.1) is 0 Å². The van der Waals surface area contributed by atoms with Gasteiger partial charge in [-0.1, -0.05) is 29.5 Å². The maximum atomic E-state index is 13.4. The van der Waals surface area contributed by atoms with E-state index in [9.17, 15) is 9.18 Å². The van der Waals surface area contributed by atoms with Crippen LogP contribution in [0.15, 0.2) is 42.5 Å². The highest BCUT2D eigenvalue weighted by molar-refractivity contribution is 5.96. The van der Waals surface area contributed by atoms with Gasteiger partial charge in [0.05, 0.1) is 12.7 Å². The lowest BCUT2D eigenvalue weighted by atomic mass is 10.1. The van der Waals surface area contributed by atoms with Gasteiger partial charge in [0.2, 0.25) is 0 Å². The molecular formula is C18H16FNO2. The number of nitrogens with zero attached hydrogens (tertiary/aromatic N) is 1. The Balaban J connectivity index is 2.39. The van der Waals surface area contributed by atoms with Crippen LogP contribution < -0.4 is 0 Å². The monoisotopic (exact) mass is 297 g/mol. The highest BCUT2D eigenvalue weighted by atomic mass is 19.1. The van der Waals surface area contributed by atoms with E-state index >= 15 is 0 Å². The van der Waals surface area contributed by atoms with Crippen molar-refractivity contribution in [2.45, 2.75) is 6.92 Å². The summed E-state index contributed by atoms with van der Waals surface area (Å²) in [6.45, 7) is 1.99. The number of benzene rings is 2. The third kappa shape index (κ3) is 3.72. The van der Waals surface area contributed by atoms with Crippen LogP contribution in [0.3, 0.4) is 0 Å². The van der Waals surface area contributed by atoms with E-state index in [1.54, 1.807) is 0 Å². The summed E-state index contributed by atoms with van der Waals surface area (Å²) < 4.78 is 13.4. The molecule has 0 N–H and O–H groups in total. The third-order valence-corrected chi connectivity index (χ3v) is 3.16. The van der Waals surface area contributed by atoms with Gasteiger partial charge < -0.3 is 0 Å². The van der Waals surface area contributed by atoms with Crippen LogP contribution in [0, 0.1) is 24.6 Å². The molecular weight excluding hydrogens is 281 g/mol.